The van der Waals surface area contributed by atoms with E-state index < -0.39 is 0 Å². The van der Waals surface area contributed by atoms with Gasteiger partial charge in [0.2, 0.25) is 0 Å². The molecular weight excluding hydrogens is 146 g/mol. The molecule has 1 rings (SSSR count). The molecule has 1 atom stereocenters. The quantitative estimate of drug-likeness (QED) is 0.635. The molecule has 1 heteroatoms. The highest BCUT2D eigenvalue weighted by Crippen LogP contribution is 2.38. The molecule has 2 N–H and O–H groups in total. The van der Waals surface area contributed by atoms with Crippen LogP contribution in [0.2, 0.25) is 0 Å². The van der Waals surface area contributed by atoms with Crippen molar-refractivity contribution >= 4 is 0 Å². The largest absolute Gasteiger partial charge is 0.330 e. The zero-order valence-electron chi connectivity index (χ0n) is 7.97. The van der Waals surface area contributed by atoms with Crippen molar-refractivity contribution < 1.29 is 0 Å². The summed E-state index contributed by atoms with van der Waals surface area (Å²) in [5.74, 6) is 8.12. The summed E-state index contributed by atoms with van der Waals surface area (Å²) in [6.07, 6.45) is 6.14. The van der Waals surface area contributed by atoms with Gasteiger partial charge in [-0.1, -0.05) is 12.8 Å². The predicted octanol–water partition coefficient (Wildman–Crippen LogP) is 2.16. The molecule has 0 bridgehead atoms. The van der Waals surface area contributed by atoms with Crippen molar-refractivity contribution in [2.75, 3.05) is 6.54 Å². The van der Waals surface area contributed by atoms with Crippen LogP contribution >= 0.6 is 0 Å². The molecule has 68 valence electrons. The molecule has 1 nitrogen and oxygen atoms in total. The molecule has 1 aliphatic carbocycles. The zero-order valence-corrected chi connectivity index (χ0v) is 7.97. The fourth-order valence-electron chi connectivity index (χ4n) is 1.50. The van der Waals surface area contributed by atoms with E-state index in [1.807, 2.05) is 0 Å². The van der Waals surface area contributed by atoms with Crippen molar-refractivity contribution in [3.05, 3.63) is 0 Å². The predicted molar refractivity (Wildman–Crippen MR) is 52.6 cm³/mol. The van der Waals surface area contributed by atoms with Crippen molar-refractivity contribution in [2.45, 2.75) is 39.0 Å². The lowest BCUT2D eigenvalue weighted by Crippen LogP contribution is -2.05. The Balaban J connectivity index is 2.27. The van der Waals surface area contributed by atoms with Gasteiger partial charge in [-0.3, -0.25) is 0 Å². The molecule has 0 aromatic carbocycles. The van der Waals surface area contributed by atoms with Gasteiger partial charge in [-0.2, -0.15) is 0 Å². The summed E-state index contributed by atoms with van der Waals surface area (Å²) >= 11 is 0. The number of hydrogen-bond donors (Lipinski definition) is 1. The van der Waals surface area contributed by atoms with Gasteiger partial charge < -0.3 is 5.73 Å². The molecule has 1 fully saturated rings. The second-order valence-corrected chi connectivity index (χ2v) is 3.55. The molecule has 0 heterocycles. The summed E-state index contributed by atoms with van der Waals surface area (Å²) in [5, 5.41) is 0. The Morgan fingerprint density at radius 1 is 1.50 bits per heavy atom. The van der Waals surface area contributed by atoms with Crippen LogP contribution in [-0.4, -0.2) is 6.54 Å². The van der Waals surface area contributed by atoms with E-state index in [0.717, 1.165) is 25.3 Å². The monoisotopic (exact) mass is 165 g/mol. The van der Waals surface area contributed by atoms with E-state index in [0.29, 0.717) is 5.92 Å². The molecule has 0 aromatic rings. The van der Waals surface area contributed by atoms with E-state index in [-0.39, 0.29) is 0 Å². The van der Waals surface area contributed by atoms with E-state index >= 15 is 0 Å². The fraction of sp³-hybridized carbons (Fsp3) is 0.818. The van der Waals surface area contributed by atoms with Gasteiger partial charge in [0, 0.05) is 12.3 Å². The Labute approximate surface area is 75.7 Å². The molecule has 12 heavy (non-hydrogen) atoms. The molecule has 0 radical (unpaired) electrons. The summed E-state index contributed by atoms with van der Waals surface area (Å²) in [6.45, 7) is 2.93. The van der Waals surface area contributed by atoms with Crippen LogP contribution in [0.4, 0.5) is 0 Å². The Morgan fingerprint density at radius 2 is 2.25 bits per heavy atom. The molecule has 0 saturated heterocycles. The average molecular weight is 165 g/mol. The Morgan fingerprint density at radius 3 is 2.75 bits per heavy atom. The van der Waals surface area contributed by atoms with E-state index in [1.54, 1.807) is 0 Å². The topological polar surface area (TPSA) is 26.0 Å². The number of nitrogens with two attached hydrogens (primary N) is 1. The van der Waals surface area contributed by atoms with Gasteiger partial charge in [0.25, 0.3) is 0 Å². The highest BCUT2D eigenvalue weighted by Gasteiger charge is 2.29. The maximum absolute atomic E-state index is 5.48. The van der Waals surface area contributed by atoms with Gasteiger partial charge >= 0.3 is 0 Å². The number of hydrogen-bond acceptors (Lipinski definition) is 1. The molecule has 1 unspecified atom stereocenters. The average Bonchev–Trinajstić information content (AvgIpc) is 2.88. The normalized spacial score (nSPS) is 18.2. The van der Waals surface area contributed by atoms with Crippen LogP contribution in [0.3, 0.4) is 0 Å². The number of rotatable bonds is 4. The Bertz CT molecular complexity index is 171. The molecule has 0 aliphatic heterocycles. The minimum absolute atomic E-state index is 0.661. The van der Waals surface area contributed by atoms with Crippen LogP contribution < -0.4 is 5.73 Å². The molecule has 0 amide bonds. The van der Waals surface area contributed by atoms with Crippen molar-refractivity contribution in [1.82, 2.24) is 0 Å². The Kier molecular flexibility index (Phi) is 4.18. The van der Waals surface area contributed by atoms with Crippen LogP contribution in [0.1, 0.15) is 39.0 Å². The summed E-state index contributed by atoms with van der Waals surface area (Å²) in [7, 11) is 0. The van der Waals surface area contributed by atoms with Crippen molar-refractivity contribution in [3.63, 3.8) is 0 Å². The van der Waals surface area contributed by atoms with Crippen molar-refractivity contribution in [1.29, 1.82) is 0 Å². The van der Waals surface area contributed by atoms with Gasteiger partial charge in [0.05, 0.1) is 0 Å². The smallest absolute Gasteiger partial charge is 0.0231 e. The van der Waals surface area contributed by atoms with Gasteiger partial charge in [-0.25, -0.2) is 0 Å². The highest BCUT2D eigenvalue weighted by molar-refractivity contribution is 5.07. The third-order valence-corrected chi connectivity index (χ3v) is 2.37. The van der Waals surface area contributed by atoms with E-state index in [4.69, 9.17) is 5.73 Å². The summed E-state index contributed by atoms with van der Waals surface area (Å²) in [4.78, 5) is 0. The standard InChI is InChI=1S/C11H19N/c1-2-3-5-10(6-4-9-12)11-7-8-11/h10-11H,2,4,6-9,12H2,1H3. The summed E-state index contributed by atoms with van der Waals surface area (Å²) in [6, 6.07) is 0. The first kappa shape index (κ1) is 9.61. The highest BCUT2D eigenvalue weighted by atomic mass is 14.5. The van der Waals surface area contributed by atoms with Gasteiger partial charge in [0.1, 0.15) is 0 Å². The van der Waals surface area contributed by atoms with Gasteiger partial charge in [-0.05, 0) is 38.1 Å². The van der Waals surface area contributed by atoms with Crippen LogP contribution in [0.15, 0.2) is 0 Å². The molecule has 0 spiro atoms. The first-order valence-corrected chi connectivity index (χ1v) is 5.07. The third kappa shape index (κ3) is 3.28. The van der Waals surface area contributed by atoms with Crippen LogP contribution in [0.5, 0.6) is 0 Å². The Hall–Kier alpha value is -0.480. The van der Waals surface area contributed by atoms with E-state index in [1.165, 1.54) is 19.3 Å². The lowest BCUT2D eigenvalue weighted by Gasteiger charge is -2.06. The van der Waals surface area contributed by atoms with Crippen molar-refractivity contribution in [3.8, 4) is 11.8 Å². The summed E-state index contributed by atoms with van der Waals surface area (Å²) in [5.41, 5.74) is 5.48. The maximum Gasteiger partial charge on any atom is 0.0231 e. The van der Waals surface area contributed by atoms with Crippen LogP contribution in [-0.2, 0) is 0 Å². The summed E-state index contributed by atoms with van der Waals surface area (Å²) < 4.78 is 0. The first-order chi connectivity index (χ1) is 5.88. The third-order valence-electron chi connectivity index (χ3n) is 2.37. The molecular formula is C11H19N. The molecule has 0 aromatic heterocycles. The van der Waals surface area contributed by atoms with Crippen molar-refractivity contribution in [2.24, 2.45) is 17.6 Å². The minimum Gasteiger partial charge on any atom is -0.330 e. The van der Waals surface area contributed by atoms with Gasteiger partial charge in [0.15, 0.2) is 0 Å². The SMILES string of the molecule is CCC#CC(CCCN)C1CC1. The zero-order chi connectivity index (χ0) is 8.81. The lowest BCUT2D eigenvalue weighted by molar-refractivity contribution is 0.523. The van der Waals surface area contributed by atoms with Gasteiger partial charge in [-0.15, -0.1) is 5.92 Å². The second-order valence-electron chi connectivity index (χ2n) is 3.55. The van der Waals surface area contributed by atoms with Crippen LogP contribution in [0.25, 0.3) is 0 Å². The minimum atomic E-state index is 0.661. The van der Waals surface area contributed by atoms with E-state index in [2.05, 4.69) is 18.8 Å². The maximum atomic E-state index is 5.48. The molecule has 1 aliphatic rings. The van der Waals surface area contributed by atoms with Crippen LogP contribution in [0, 0.1) is 23.7 Å². The first-order valence-electron chi connectivity index (χ1n) is 5.07. The lowest BCUT2D eigenvalue weighted by atomic mass is 9.98. The second kappa shape index (κ2) is 5.22. The van der Waals surface area contributed by atoms with E-state index in [9.17, 15) is 0 Å². The molecule has 1 saturated carbocycles. The fourth-order valence-corrected chi connectivity index (χ4v) is 1.50.